The Morgan fingerprint density at radius 3 is 1.72 bits per heavy atom. The van der Waals surface area contributed by atoms with E-state index in [9.17, 15) is 22.1 Å². The zero-order chi connectivity index (χ0) is 18.7. The first-order valence-electron chi connectivity index (χ1n) is 7.09. The van der Waals surface area contributed by atoms with Crippen LogP contribution in [-0.2, 0) is 4.57 Å². The van der Waals surface area contributed by atoms with Crippen LogP contribution in [0.5, 0.6) is 0 Å². The van der Waals surface area contributed by atoms with Crippen molar-refractivity contribution >= 4 is 51.9 Å². The number of rotatable bonds is 6. The molecule has 0 unspecified atom stereocenters. The summed E-state index contributed by atoms with van der Waals surface area (Å²) in [5, 5.41) is -3.83. The summed E-state index contributed by atoms with van der Waals surface area (Å²) in [6, 6.07) is 16.6. The van der Waals surface area contributed by atoms with Gasteiger partial charge in [0.25, 0.3) is 0 Å². The minimum absolute atomic E-state index is 0.154. The first kappa shape index (κ1) is 20.5. The number of halogens is 6. The summed E-state index contributed by atoms with van der Waals surface area (Å²) in [5.74, 6) is -3.30. The third-order valence-corrected chi connectivity index (χ3v) is 7.67. The summed E-state index contributed by atoms with van der Waals surface area (Å²) in [6.45, 7) is 0. The predicted octanol–water partition coefficient (Wildman–Crippen LogP) is 6.13. The number of alkyl halides is 5. The Hall–Kier alpha value is -0.850. The molecule has 25 heavy (non-hydrogen) atoms. The molecule has 1 nitrogen and oxygen atoms in total. The summed E-state index contributed by atoms with van der Waals surface area (Å²) in [6.07, 6.45) is -1.30. The van der Waals surface area contributed by atoms with Crippen molar-refractivity contribution in [3.63, 3.8) is 0 Å². The minimum atomic E-state index is -4.68. The van der Waals surface area contributed by atoms with E-state index >= 15 is 0 Å². The molecule has 8 heteroatoms. The molecule has 0 heterocycles. The molecule has 0 aliphatic rings. The van der Waals surface area contributed by atoms with Gasteiger partial charge in [-0.05, 0) is 40.0 Å². The quantitative estimate of drug-likeness (QED) is 0.201. The van der Waals surface area contributed by atoms with E-state index in [0.717, 1.165) is 5.82 Å². The van der Waals surface area contributed by atoms with Gasteiger partial charge in [0.15, 0.2) is 7.14 Å². The van der Waals surface area contributed by atoms with Crippen molar-refractivity contribution < 1.29 is 22.1 Å². The lowest BCUT2D eigenvalue weighted by Crippen LogP contribution is -2.35. The SMILES string of the molecule is O=P(/C=C(/I)CC(F)(F)C(F)(F)Cl)(c1ccccc1)c1ccccc1. The average molecular weight is 503 g/mol. The number of benzene rings is 2. The summed E-state index contributed by atoms with van der Waals surface area (Å²) in [4.78, 5) is 0. The largest absolute Gasteiger partial charge is 0.384 e. The molecule has 2 rings (SSSR count). The molecule has 0 spiro atoms. The Kier molecular flexibility index (Phi) is 6.39. The van der Waals surface area contributed by atoms with Gasteiger partial charge in [-0.1, -0.05) is 60.7 Å². The molecule has 0 aromatic heterocycles. The van der Waals surface area contributed by atoms with Crippen molar-refractivity contribution in [1.29, 1.82) is 0 Å². The van der Waals surface area contributed by atoms with Crippen molar-refractivity contribution in [1.82, 2.24) is 0 Å². The van der Waals surface area contributed by atoms with E-state index in [0.29, 0.717) is 10.6 Å². The zero-order valence-electron chi connectivity index (χ0n) is 12.7. The number of allylic oxidation sites excluding steroid dienone is 1. The van der Waals surface area contributed by atoms with Gasteiger partial charge in [-0.3, -0.25) is 0 Å². The molecule has 0 fully saturated rings. The van der Waals surface area contributed by atoms with Gasteiger partial charge in [0.05, 0.1) is 6.42 Å². The van der Waals surface area contributed by atoms with E-state index in [1.807, 2.05) is 0 Å². The molecule has 0 atom stereocenters. The first-order valence-corrected chi connectivity index (χ1v) is 10.3. The van der Waals surface area contributed by atoms with Crippen molar-refractivity contribution in [3.05, 3.63) is 70.1 Å². The second-order valence-corrected chi connectivity index (χ2v) is 9.75. The fourth-order valence-electron chi connectivity index (χ4n) is 2.15. The van der Waals surface area contributed by atoms with Gasteiger partial charge < -0.3 is 4.57 Å². The molecule has 0 bridgehead atoms. The third-order valence-electron chi connectivity index (χ3n) is 3.41. The van der Waals surface area contributed by atoms with Crippen molar-refractivity contribution in [2.75, 3.05) is 0 Å². The van der Waals surface area contributed by atoms with Crippen molar-refractivity contribution in [2.45, 2.75) is 17.7 Å². The minimum Gasteiger partial charge on any atom is -0.309 e. The lowest BCUT2D eigenvalue weighted by molar-refractivity contribution is -0.154. The van der Waals surface area contributed by atoms with Crippen molar-refractivity contribution in [3.8, 4) is 0 Å². The fraction of sp³-hybridized carbons (Fsp3) is 0.176. The Balaban J connectivity index is 2.50. The van der Waals surface area contributed by atoms with Crippen LogP contribution in [-0.4, -0.2) is 11.3 Å². The number of hydrogen-bond acceptors (Lipinski definition) is 1. The Morgan fingerprint density at radius 2 is 1.36 bits per heavy atom. The predicted molar refractivity (Wildman–Crippen MR) is 102 cm³/mol. The third kappa shape index (κ3) is 4.86. The highest BCUT2D eigenvalue weighted by Crippen LogP contribution is 2.50. The standard InChI is InChI=1S/C17H13ClF4IOP/c18-17(21,22)16(19,20)11-13(23)12-25(24,14-7-3-1-4-8-14)15-9-5-2-6-10-15/h1-10,12H,11H2/b13-12+. The highest BCUT2D eigenvalue weighted by molar-refractivity contribution is 14.1. The molecule has 0 aliphatic heterocycles. The molecule has 0 N–H and O–H groups in total. The topological polar surface area (TPSA) is 17.1 Å². The Morgan fingerprint density at radius 1 is 0.960 bits per heavy atom. The molecular weight excluding hydrogens is 490 g/mol. The first-order chi connectivity index (χ1) is 11.6. The van der Waals surface area contributed by atoms with E-state index in [2.05, 4.69) is 11.6 Å². The van der Waals surface area contributed by atoms with Gasteiger partial charge in [0, 0.05) is 14.2 Å². The highest BCUT2D eigenvalue weighted by Gasteiger charge is 2.55. The van der Waals surface area contributed by atoms with Gasteiger partial charge in [-0.25, -0.2) is 0 Å². The Labute approximate surface area is 161 Å². The molecule has 0 saturated carbocycles. The maximum absolute atomic E-state index is 13.6. The fourth-order valence-corrected chi connectivity index (χ4v) is 6.19. The summed E-state index contributed by atoms with van der Waals surface area (Å²) >= 11 is 5.99. The van der Waals surface area contributed by atoms with E-state index in [4.69, 9.17) is 0 Å². The summed E-state index contributed by atoms with van der Waals surface area (Å²) in [5.41, 5.74) is 0. The molecule has 0 aliphatic carbocycles. The van der Waals surface area contributed by atoms with Crippen LogP contribution < -0.4 is 10.6 Å². The van der Waals surface area contributed by atoms with Gasteiger partial charge in [0.2, 0.25) is 0 Å². The van der Waals surface area contributed by atoms with E-state index in [1.54, 1.807) is 60.7 Å². The van der Waals surface area contributed by atoms with E-state index in [1.165, 1.54) is 22.6 Å². The zero-order valence-corrected chi connectivity index (χ0v) is 16.5. The van der Waals surface area contributed by atoms with Gasteiger partial charge >= 0.3 is 11.3 Å². The Bertz CT molecular complexity index is 748. The average Bonchev–Trinajstić information content (AvgIpc) is 2.54. The molecule has 134 valence electrons. The van der Waals surface area contributed by atoms with Crippen LogP contribution in [0, 0.1) is 0 Å². The van der Waals surface area contributed by atoms with Gasteiger partial charge in [-0.15, -0.1) is 0 Å². The smallest absolute Gasteiger partial charge is 0.309 e. The number of hydrogen-bond donors (Lipinski definition) is 0. The van der Waals surface area contributed by atoms with Gasteiger partial charge in [0.1, 0.15) is 0 Å². The molecule has 0 saturated heterocycles. The molecule has 2 aromatic carbocycles. The summed E-state index contributed by atoms with van der Waals surface area (Å²) < 4.78 is 66.3. The lowest BCUT2D eigenvalue weighted by Gasteiger charge is -2.22. The lowest BCUT2D eigenvalue weighted by atomic mass is 10.2. The molecule has 2 aromatic rings. The molecule has 0 radical (unpaired) electrons. The molecule has 0 amide bonds. The van der Waals surface area contributed by atoms with Gasteiger partial charge in [-0.2, -0.15) is 17.6 Å². The van der Waals surface area contributed by atoms with E-state index in [-0.39, 0.29) is 3.58 Å². The second kappa shape index (κ2) is 7.80. The van der Waals surface area contributed by atoms with Crippen LogP contribution in [0.25, 0.3) is 0 Å². The van der Waals surface area contributed by atoms with Crippen LogP contribution in [0.15, 0.2) is 70.1 Å². The van der Waals surface area contributed by atoms with Crippen LogP contribution in [0.3, 0.4) is 0 Å². The normalized spacial score (nSPS) is 13.8. The maximum atomic E-state index is 13.6. The molecular formula is C17H13ClF4IOP. The van der Waals surface area contributed by atoms with Crippen LogP contribution >= 0.6 is 41.3 Å². The van der Waals surface area contributed by atoms with Crippen LogP contribution in [0.4, 0.5) is 17.6 Å². The monoisotopic (exact) mass is 502 g/mol. The summed E-state index contributed by atoms with van der Waals surface area (Å²) in [7, 11) is -3.41. The van der Waals surface area contributed by atoms with Crippen LogP contribution in [0.2, 0.25) is 0 Å². The van der Waals surface area contributed by atoms with E-state index < -0.39 is 24.9 Å². The maximum Gasteiger partial charge on any atom is 0.384 e. The van der Waals surface area contributed by atoms with Crippen molar-refractivity contribution in [2.24, 2.45) is 0 Å². The second-order valence-electron chi connectivity index (χ2n) is 5.28. The highest BCUT2D eigenvalue weighted by atomic mass is 127. The van der Waals surface area contributed by atoms with Crippen LogP contribution in [0.1, 0.15) is 6.42 Å².